The van der Waals surface area contributed by atoms with Crippen molar-refractivity contribution in [3.05, 3.63) is 78.4 Å². The topological polar surface area (TPSA) is 73.4 Å². The van der Waals surface area contributed by atoms with Gasteiger partial charge in [0.05, 0.1) is 24.6 Å². The Kier molecular flexibility index (Phi) is 6.92. The fourth-order valence-corrected chi connectivity index (χ4v) is 4.42. The van der Waals surface area contributed by atoms with Gasteiger partial charge in [0.15, 0.2) is 0 Å². The average molecular weight is 522 g/mol. The molecule has 3 aromatic rings. The molecule has 1 aromatic heterocycles. The fraction of sp³-hybridized carbons (Fsp3) is 0.304. The van der Waals surface area contributed by atoms with Crippen LogP contribution in [0.3, 0.4) is 0 Å². The van der Waals surface area contributed by atoms with Gasteiger partial charge >= 0.3 is 0 Å². The summed E-state index contributed by atoms with van der Waals surface area (Å²) < 4.78 is 14.0. The van der Waals surface area contributed by atoms with Crippen LogP contribution in [-0.4, -0.2) is 34.0 Å². The van der Waals surface area contributed by atoms with Crippen LogP contribution in [0.4, 0.5) is 4.39 Å². The quantitative estimate of drug-likeness (QED) is 0.481. The average Bonchev–Trinajstić information content (AvgIpc) is 2.68. The van der Waals surface area contributed by atoms with E-state index in [0.717, 1.165) is 22.0 Å². The number of carbonyl (C=O) groups excluding carboxylic acids is 1. The summed E-state index contributed by atoms with van der Waals surface area (Å²) in [5, 5.41) is 10.4. The molecule has 0 radical (unpaired) electrons. The van der Waals surface area contributed by atoms with Crippen molar-refractivity contribution < 1.29 is 14.3 Å². The summed E-state index contributed by atoms with van der Waals surface area (Å²) in [4.78, 5) is 30.3. The standard InChI is InChI=1S/C23H24FIN2O3/c1-13-8-14(2)22-17(9-13)10-19(23(30)26-22)15(3)27(6-7-28)21(29)11-16-4-5-18(24)12-20(16)25/h4-5,8-10,12,15,28H,6-7,11H2,1-3H3,(H,26,30). The van der Waals surface area contributed by atoms with Gasteiger partial charge in [-0.3, -0.25) is 9.59 Å². The molecule has 3 rings (SSSR count). The van der Waals surface area contributed by atoms with Gasteiger partial charge in [0.1, 0.15) is 5.82 Å². The lowest BCUT2D eigenvalue weighted by Gasteiger charge is -2.29. The molecule has 0 aliphatic carbocycles. The summed E-state index contributed by atoms with van der Waals surface area (Å²) in [6.45, 7) is 5.59. The number of nitrogens with zero attached hydrogens (tertiary/aromatic N) is 1. The molecule has 1 heterocycles. The second-order valence-electron chi connectivity index (χ2n) is 7.50. The number of aromatic amines is 1. The molecule has 0 fully saturated rings. The van der Waals surface area contributed by atoms with Crippen LogP contribution in [0.2, 0.25) is 0 Å². The van der Waals surface area contributed by atoms with E-state index in [9.17, 15) is 19.1 Å². The minimum Gasteiger partial charge on any atom is -0.395 e. The molecule has 2 aromatic carbocycles. The zero-order chi connectivity index (χ0) is 22.0. The molecule has 0 aliphatic rings. The lowest BCUT2D eigenvalue weighted by atomic mass is 10.0. The molecule has 0 saturated carbocycles. The van der Waals surface area contributed by atoms with Crippen LogP contribution >= 0.6 is 22.6 Å². The maximum atomic E-state index is 13.4. The molecule has 158 valence electrons. The summed E-state index contributed by atoms with van der Waals surface area (Å²) >= 11 is 2.00. The third-order valence-electron chi connectivity index (χ3n) is 5.26. The van der Waals surface area contributed by atoms with Crippen molar-refractivity contribution in [2.45, 2.75) is 33.2 Å². The largest absolute Gasteiger partial charge is 0.395 e. The number of nitrogens with one attached hydrogen (secondary N) is 1. The maximum absolute atomic E-state index is 13.4. The van der Waals surface area contributed by atoms with Gasteiger partial charge in [-0.15, -0.1) is 0 Å². The van der Waals surface area contributed by atoms with Gasteiger partial charge in [0.25, 0.3) is 5.56 Å². The van der Waals surface area contributed by atoms with Gasteiger partial charge in [-0.05, 0) is 84.1 Å². The number of halogens is 2. The smallest absolute Gasteiger partial charge is 0.253 e. The van der Waals surface area contributed by atoms with E-state index in [1.807, 2.05) is 54.6 Å². The number of hydrogen-bond acceptors (Lipinski definition) is 3. The lowest BCUT2D eigenvalue weighted by Crippen LogP contribution is -2.39. The summed E-state index contributed by atoms with van der Waals surface area (Å²) in [5.74, 6) is -0.592. The zero-order valence-electron chi connectivity index (χ0n) is 17.1. The molecular weight excluding hydrogens is 498 g/mol. The Labute approximate surface area is 188 Å². The first-order valence-corrected chi connectivity index (χ1v) is 10.8. The number of pyridine rings is 1. The van der Waals surface area contributed by atoms with Crippen molar-refractivity contribution in [1.82, 2.24) is 9.88 Å². The van der Waals surface area contributed by atoms with Crippen molar-refractivity contribution >= 4 is 39.4 Å². The predicted molar refractivity (Wildman–Crippen MR) is 124 cm³/mol. The Morgan fingerprint density at radius 3 is 2.63 bits per heavy atom. The maximum Gasteiger partial charge on any atom is 0.253 e. The van der Waals surface area contributed by atoms with Crippen LogP contribution in [0.25, 0.3) is 10.9 Å². The fourth-order valence-electron chi connectivity index (χ4n) is 3.75. The van der Waals surface area contributed by atoms with Crippen molar-refractivity contribution in [2.75, 3.05) is 13.2 Å². The summed E-state index contributed by atoms with van der Waals surface area (Å²) in [5.41, 5.74) is 3.76. The molecule has 1 unspecified atom stereocenters. The van der Waals surface area contributed by atoms with Gasteiger partial charge in [0.2, 0.25) is 5.91 Å². The van der Waals surface area contributed by atoms with E-state index in [2.05, 4.69) is 4.98 Å². The lowest BCUT2D eigenvalue weighted by molar-refractivity contribution is -0.133. The summed E-state index contributed by atoms with van der Waals surface area (Å²) in [6.07, 6.45) is 0.0621. The molecule has 2 N–H and O–H groups in total. The van der Waals surface area contributed by atoms with E-state index in [-0.39, 0.29) is 36.9 Å². The molecule has 1 atom stereocenters. The molecule has 0 spiro atoms. The van der Waals surface area contributed by atoms with E-state index in [0.29, 0.717) is 14.7 Å². The SMILES string of the molecule is Cc1cc(C)c2[nH]c(=O)c(C(C)N(CCO)C(=O)Cc3ccc(F)cc3I)cc2c1. The molecule has 0 aliphatic heterocycles. The van der Waals surface area contributed by atoms with Crippen LogP contribution in [0.15, 0.2) is 41.2 Å². The van der Waals surface area contributed by atoms with E-state index >= 15 is 0 Å². The molecule has 5 nitrogen and oxygen atoms in total. The van der Waals surface area contributed by atoms with Crippen LogP contribution in [0.1, 0.15) is 35.2 Å². The highest BCUT2D eigenvalue weighted by molar-refractivity contribution is 14.1. The van der Waals surface area contributed by atoms with Crippen molar-refractivity contribution in [3.63, 3.8) is 0 Å². The van der Waals surface area contributed by atoms with Crippen LogP contribution < -0.4 is 5.56 Å². The Balaban J connectivity index is 1.96. The number of aryl methyl sites for hydroxylation is 2. The summed E-state index contributed by atoms with van der Waals surface area (Å²) in [7, 11) is 0. The molecule has 0 bridgehead atoms. The Morgan fingerprint density at radius 2 is 1.97 bits per heavy atom. The number of carbonyl (C=O) groups is 1. The number of aliphatic hydroxyl groups is 1. The number of aromatic nitrogens is 1. The summed E-state index contributed by atoms with van der Waals surface area (Å²) in [6, 6.07) is 9.58. The number of amides is 1. The molecular formula is C23H24FIN2O3. The van der Waals surface area contributed by atoms with Crippen molar-refractivity contribution in [1.29, 1.82) is 0 Å². The van der Waals surface area contributed by atoms with Crippen LogP contribution in [0.5, 0.6) is 0 Å². The molecule has 0 saturated heterocycles. The molecule has 30 heavy (non-hydrogen) atoms. The molecule has 1 amide bonds. The van der Waals surface area contributed by atoms with Gasteiger partial charge < -0.3 is 15.0 Å². The monoisotopic (exact) mass is 522 g/mol. The van der Waals surface area contributed by atoms with E-state index in [1.165, 1.54) is 17.0 Å². The second kappa shape index (κ2) is 9.26. The minimum absolute atomic E-state index is 0.0621. The van der Waals surface area contributed by atoms with Gasteiger partial charge in [-0.25, -0.2) is 4.39 Å². The number of benzene rings is 2. The highest BCUT2D eigenvalue weighted by atomic mass is 127. The second-order valence-corrected chi connectivity index (χ2v) is 8.66. The Morgan fingerprint density at radius 1 is 1.23 bits per heavy atom. The number of rotatable bonds is 6. The van der Waals surface area contributed by atoms with Crippen LogP contribution in [-0.2, 0) is 11.2 Å². The number of H-pyrrole nitrogens is 1. The van der Waals surface area contributed by atoms with E-state index in [4.69, 9.17) is 0 Å². The van der Waals surface area contributed by atoms with Gasteiger partial charge in [0, 0.05) is 15.7 Å². The zero-order valence-corrected chi connectivity index (χ0v) is 19.3. The number of hydrogen-bond donors (Lipinski definition) is 2. The van der Waals surface area contributed by atoms with Crippen LogP contribution in [0, 0.1) is 23.2 Å². The highest BCUT2D eigenvalue weighted by Crippen LogP contribution is 2.24. The third-order valence-corrected chi connectivity index (χ3v) is 6.26. The minimum atomic E-state index is -0.531. The van der Waals surface area contributed by atoms with E-state index in [1.54, 1.807) is 13.0 Å². The third kappa shape index (κ3) is 4.73. The molecule has 7 heteroatoms. The Hall–Kier alpha value is -2.26. The Bertz CT molecular complexity index is 1160. The first-order chi connectivity index (χ1) is 14.2. The highest BCUT2D eigenvalue weighted by Gasteiger charge is 2.24. The van der Waals surface area contributed by atoms with Crippen molar-refractivity contribution in [3.8, 4) is 0 Å². The van der Waals surface area contributed by atoms with Gasteiger partial charge in [-0.2, -0.15) is 0 Å². The van der Waals surface area contributed by atoms with Gasteiger partial charge in [-0.1, -0.05) is 17.7 Å². The van der Waals surface area contributed by atoms with E-state index < -0.39 is 6.04 Å². The number of fused-ring (bicyclic) bond motifs is 1. The predicted octanol–water partition coefficient (Wildman–Crippen LogP) is 4.01. The van der Waals surface area contributed by atoms with Crippen molar-refractivity contribution in [2.24, 2.45) is 0 Å². The number of aliphatic hydroxyl groups excluding tert-OH is 1. The first kappa shape index (κ1) is 22.4. The normalized spacial score (nSPS) is 12.2. The first-order valence-electron chi connectivity index (χ1n) is 9.69.